The number of hydrogen-bond acceptors (Lipinski definition) is 2. The number of rotatable bonds is 3. The van der Waals surface area contributed by atoms with Crippen molar-refractivity contribution in [2.75, 3.05) is 12.4 Å². The van der Waals surface area contributed by atoms with Crippen LogP contribution in [0.5, 0.6) is 0 Å². The standard InChI is InChI=1S/C9H12N2O2S/c1-7(12)11-8-3-5-9(6-4-8)14(13)10-2/h3-6,10H,1-2H3,(H,11,12). The summed E-state index contributed by atoms with van der Waals surface area (Å²) in [6.45, 7) is 1.44. The average Bonchev–Trinajstić information content (AvgIpc) is 2.17. The van der Waals surface area contributed by atoms with E-state index in [2.05, 4.69) is 10.0 Å². The van der Waals surface area contributed by atoms with E-state index in [-0.39, 0.29) is 5.91 Å². The van der Waals surface area contributed by atoms with E-state index in [1.54, 1.807) is 31.3 Å². The van der Waals surface area contributed by atoms with Crippen molar-refractivity contribution in [1.29, 1.82) is 0 Å². The van der Waals surface area contributed by atoms with Crippen LogP contribution in [0.2, 0.25) is 0 Å². The number of nitrogens with one attached hydrogen (secondary N) is 2. The third-order valence-electron chi connectivity index (χ3n) is 1.57. The molecule has 0 heterocycles. The van der Waals surface area contributed by atoms with Gasteiger partial charge in [0, 0.05) is 12.6 Å². The van der Waals surface area contributed by atoms with E-state index in [0.29, 0.717) is 10.6 Å². The minimum absolute atomic E-state index is 0.118. The van der Waals surface area contributed by atoms with E-state index in [1.165, 1.54) is 6.92 Å². The first-order valence-electron chi connectivity index (χ1n) is 4.10. The Labute approximate surface area is 85.3 Å². The molecule has 5 heteroatoms. The molecule has 1 amide bonds. The van der Waals surface area contributed by atoms with E-state index in [4.69, 9.17) is 0 Å². The topological polar surface area (TPSA) is 58.2 Å². The molecule has 0 fully saturated rings. The van der Waals surface area contributed by atoms with Gasteiger partial charge < -0.3 is 5.32 Å². The first kappa shape index (κ1) is 10.9. The molecule has 2 N–H and O–H groups in total. The highest BCUT2D eigenvalue weighted by Crippen LogP contribution is 2.11. The normalized spacial score (nSPS) is 12.1. The van der Waals surface area contributed by atoms with E-state index in [1.807, 2.05) is 0 Å². The first-order chi connectivity index (χ1) is 6.63. The molecule has 1 atom stereocenters. The minimum Gasteiger partial charge on any atom is -0.326 e. The summed E-state index contributed by atoms with van der Waals surface area (Å²) in [7, 11) is 0.449. The van der Waals surface area contributed by atoms with Crippen molar-refractivity contribution in [3.63, 3.8) is 0 Å². The van der Waals surface area contributed by atoms with Crippen molar-refractivity contribution < 1.29 is 9.00 Å². The maximum Gasteiger partial charge on any atom is 0.221 e. The van der Waals surface area contributed by atoms with Crippen molar-refractivity contribution in [1.82, 2.24) is 4.72 Å². The Balaban J connectivity index is 2.78. The molecule has 0 saturated carbocycles. The fourth-order valence-electron chi connectivity index (χ4n) is 0.983. The predicted molar refractivity (Wildman–Crippen MR) is 56.2 cm³/mol. The lowest BCUT2D eigenvalue weighted by Gasteiger charge is -2.03. The molecule has 76 valence electrons. The van der Waals surface area contributed by atoms with Gasteiger partial charge in [0.1, 0.15) is 11.0 Å². The molecular weight excluding hydrogens is 200 g/mol. The average molecular weight is 212 g/mol. The molecule has 0 aliphatic heterocycles. The zero-order valence-corrected chi connectivity index (χ0v) is 8.85. The summed E-state index contributed by atoms with van der Waals surface area (Å²) in [6.07, 6.45) is 0. The summed E-state index contributed by atoms with van der Waals surface area (Å²) in [4.78, 5) is 11.4. The van der Waals surface area contributed by atoms with Gasteiger partial charge in [-0.15, -0.1) is 0 Å². The number of hydrogen-bond donors (Lipinski definition) is 2. The van der Waals surface area contributed by atoms with Crippen LogP contribution in [0.15, 0.2) is 29.2 Å². The highest BCUT2D eigenvalue weighted by Gasteiger charge is 2.00. The van der Waals surface area contributed by atoms with E-state index < -0.39 is 11.0 Å². The Morgan fingerprint density at radius 1 is 1.29 bits per heavy atom. The van der Waals surface area contributed by atoms with Crippen LogP contribution in [0, 0.1) is 0 Å². The molecule has 0 aliphatic rings. The van der Waals surface area contributed by atoms with Crippen LogP contribution < -0.4 is 10.0 Å². The van der Waals surface area contributed by atoms with Gasteiger partial charge in [0.05, 0.1) is 4.90 Å². The van der Waals surface area contributed by atoms with Crippen LogP contribution in [0.25, 0.3) is 0 Å². The monoisotopic (exact) mass is 212 g/mol. The second-order valence-corrected chi connectivity index (χ2v) is 4.10. The van der Waals surface area contributed by atoms with Crippen molar-refractivity contribution in [3.8, 4) is 0 Å². The lowest BCUT2D eigenvalue weighted by Crippen LogP contribution is -2.10. The number of anilines is 1. The van der Waals surface area contributed by atoms with Gasteiger partial charge in [-0.1, -0.05) is 0 Å². The second-order valence-electron chi connectivity index (χ2n) is 2.68. The fraction of sp³-hybridized carbons (Fsp3) is 0.222. The van der Waals surface area contributed by atoms with Crippen molar-refractivity contribution in [2.45, 2.75) is 11.8 Å². The van der Waals surface area contributed by atoms with Crippen LogP contribution in [-0.4, -0.2) is 17.2 Å². The quantitative estimate of drug-likeness (QED) is 0.781. The summed E-state index contributed by atoms with van der Waals surface area (Å²) < 4.78 is 13.9. The maximum absolute atomic E-state index is 11.3. The molecule has 0 aromatic heterocycles. The van der Waals surface area contributed by atoms with Crippen LogP contribution in [-0.2, 0) is 15.8 Å². The molecule has 4 nitrogen and oxygen atoms in total. The van der Waals surface area contributed by atoms with Crippen molar-refractivity contribution in [3.05, 3.63) is 24.3 Å². The molecular formula is C9H12N2O2S. The van der Waals surface area contributed by atoms with E-state index in [9.17, 15) is 9.00 Å². The molecule has 0 saturated heterocycles. The van der Waals surface area contributed by atoms with E-state index in [0.717, 1.165) is 0 Å². The summed E-state index contributed by atoms with van der Waals surface area (Å²) in [5.74, 6) is -0.118. The summed E-state index contributed by atoms with van der Waals surface area (Å²) >= 11 is 0. The Bertz CT molecular complexity index is 348. The third kappa shape index (κ3) is 2.93. The van der Waals surface area contributed by atoms with Gasteiger partial charge in [-0.05, 0) is 31.3 Å². The molecule has 0 aliphatic carbocycles. The summed E-state index contributed by atoms with van der Waals surface area (Å²) in [5.41, 5.74) is 0.703. The van der Waals surface area contributed by atoms with E-state index >= 15 is 0 Å². The zero-order valence-electron chi connectivity index (χ0n) is 8.03. The zero-order chi connectivity index (χ0) is 10.6. The largest absolute Gasteiger partial charge is 0.326 e. The van der Waals surface area contributed by atoms with Crippen LogP contribution in [0.3, 0.4) is 0 Å². The van der Waals surface area contributed by atoms with Crippen LogP contribution >= 0.6 is 0 Å². The number of carbonyl (C=O) groups is 1. The lowest BCUT2D eigenvalue weighted by atomic mass is 10.3. The van der Waals surface area contributed by atoms with Gasteiger partial charge in [0.15, 0.2) is 0 Å². The molecule has 14 heavy (non-hydrogen) atoms. The maximum atomic E-state index is 11.3. The molecule has 1 aromatic rings. The van der Waals surface area contributed by atoms with Crippen LogP contribution in [0.4, 0.5) is 5.69 Å². The van der Waals surface area contributed by atoms with Gasteiger partial charge in [-0.25, -0.2) is 8.93 Å². The highest BCUT2D eigenvalue weighted by atomic mass is 32.2. The van der Waals surface area contributed by atoms with Gasteiger partial charge in [-0.2, -0.15) is 0 Å². The van der Waals surface area contributed by atoms with Crippen molar-refractivity contribution >= 4 is 22.6 Å². The Morgan fingerprint density at radius 3 is 2.29 bits per heavy atom. The first-order valence-corrected chi connectivity index (χ1v) is 5.25. The molecule has 1 unspecified atom stereocenters. The number of carbonyl (C=O) groups excluding carboxylic acids is 1. The number of amides is 1. The Hall–Kier alpha value is -1.20. The molecule has 0 radical (unpaired) electrons. The van der Waals surface area contributed by atoms with Crippen LogP contribution in [0.1, 0.15) is 6.92 Å². The van der Waals surface area contributed by atoms with Gasteiger partial charge >= 0.3 is 0 Å². The second kappa shape index (κ2) is 4.88. The Kier molecular flexibility index (Phi) is 3.79. The third-order valence-corrected chi connectivity index (χ3v) is 2.65. The molecule has 0 bridgehead atoms. The van der Waals surface area contributed by atoms with Gasteiger partial charge in [-0.3, -0.25) is 4.79 Å². The van der Waals surface area contributed by atoms with Crippen molar-refractivity contribution in [2.24, 2.45) is 0 Å². The molecule has 0 spiro atoms. The van der Waals surface area contributed by atoms with Gasteiger partial charge in [0.25, 0.3) is 0 Å². The lowest BCUT2D eigenvalue weighted by molar-refractivity contribution is -0.114. The molecule has 1 aromatic carbocycles. The van der Waals surface area contributed by atoms with Gasteiger partial charge in [0.2, 0.25) is 5.91 Å². The highest BCUT2D eigenvalue weighted by molar-refractivity contribution is 7.83. The number of benzene rings is 1. The molecule has 1 rings (SSSR count). The summed E-state index contributed by atoms with van der Waals surface area (Å²) in [5, 5.41) is 2.63. The predicted octanol–water partition coefficient (Wildman–Crippen LogP) is 0.887. The SMILES string of the molecule is CNS(=O)c1ccc(NC(C)=O)cc1. The summed E-state index contributed by atoms with van der Waals surface area (Å²) in [6, 6.07) is 6.84. The fourth-order valence-corrected chi connectivity index (χ4v) is 1.60. The minimum atomic E-state index is -1.17. The Morgan fingerprint density at radius 2 is 1.86 bits per heavy atom. The smallest absolute Gasteiger partial charge is 0.221 e.